The van der Waals surface area contributed by atoms with Crippen LogP contribution >= 0.6 is 0 Å². The fraction of sp³-hybridized carbons (Fsp3) is 0.192. The number of halogens is 2. The molecule has 0 radical (unpaired) electrons. The summed E-state index contributed by atoms with van der Waals surface area (Å²) in [5.41, 5.74) is 10.9. The lowest BCUT2D eigenvalue weighted by molar-refractivity contribution is 0.475. The van der Waals surface area contributed by atoms with E-state index in [1.54, 1.807) is 18.3 Å². The maximum absolute atomic E-state index is 14.1. The van der Waals surface area contributed by atoms with Gasteiger partial charge >= 0.3 is 0 Å². The van der Waals surface area contributed by atoms with Gasteiger partial charge in [-0.1, -0.05) is 18.2 Å². The van der Waals surface area contributed by atoms with Crippen LogP contribution < -0.4 is 10.6 Å². The van der Waals surface area contributed by atoms with Gasteiger partial charge in [-0.2, -0.15) is 0 Å². The Labute approximate surface area is 184 Å². The van der Waals surface area contributed by atoms with Gasteiger partial charge in [-0.15, -0.1) is 0 Å². The van der Waals surface area contributed by atoms with E-state index in [1.165, 1.54) is 12.1 Å². The van der Waals surface area contributed by atoms with Crippen LogP contribution in [0.15, 0.2) is 66.9 Å². The highest BCUT2D eigenvalue weighted by Crippen LogP contribution is 2.39. The van der Waals surface area contributed by atoms with Crippen LogP contribution in [0.2, 0.25) is 0 Å². The molecule has 3 aromatic carbocycles. The summed E-state index contributed by atoms with van der Waals surface area (Å²) >= 11 is 0. The third kappa shape index (κ3) is 3.89. The van der Waals surface area contributed by atoms with Gasteiger partial charge in [0.25, 0.3) is 0 Å². The van der Waals surface area contributed by atoms with E-state index >= 15 is 0 Å². The highest BCUT2D eigenvalue weighted by Gasteiger charge is 2.23. The summed E-state index contributed by atoms with van der Waals surface area (Å²) in [6.07, 6.45) is 3.39. The Morgan fingerprint density at radius 3 is 2.19 bits per heavy atom. The lowest BCUT2D eigenvalue weighted by Gasteiger charge is -2.34. The van der Waals surface area contributed by atoms with Crippen molar-refractivity contribution in [3.8, 4) is 28.0 Å². The highest BCUT2D eigenvalue weighted by atomic mass is 19.1. The van der Waals surface area contributed by atoms with Crippen LogP contribution in [-0.2, 0) is 0 Å². The number of phenols is 1. The summed E-state index contributed by atoms with van der Waals surface area (Å²) in [7, 11) is 0. The third-order valence-corrected chi connectivity index (χ3v) is 6.07. The molecular formula is C26H23F2N3O. The Morgan fingerprint density at radius 1 is 0.844 bits per heavy atom. The zero-order chi connectivity index (χ0) is 22.2. The molecule has 6 heteroatoms. The van der Waals surface area contributed by atoms with Crippen molar-refractivity contribution in [2.24, 2.45) is 5.73 Å². The third-order valence-electron chi connectivity index (χ3n) is 6.07. The van der Waals surface area contributed by atoms with E-state index in [9.17, 15) is 13.9 Å². The molecule has 1 aromatic heterocycles. The van der Waals surface area contributed by atoms with Gasteiger partial charge in [0.15, 0.2) is 0 Å². The highest BCUT2D eigenvalue weighted by molar-refractivity contribution is 6.01. The van der Waals surface area contributed by atoms with E-state index in [2.05, 4.69) is 16.0 Å². The van der Waals surface area contributed by atoms with Crippen molar-refractivity contribution in [1.82, 2.24) is 4.98 Å². The minimum atomic E-state index is -0.621. The number of fused-ring (bicyclic) bond motifs is 1. The number of phenolic OH excluding ortho intramolecular Hbond substituents is 1. The fourth-order valence-corrected chi connectivity index (χ4v) is 4.40. The number of pyridine rings is 1. The second-order valence-corrected chi connectivity index (χ2v) is 8.28. The lowest BCUT2D eigenvalue weighted by Crippen LogP contribution is -2.40. The summed E-state index contributed by atoms with van der Waals surface area (Å²) in [6, 6.07) is 16.7. The minimum Gasteiger partial charge on any atom is -0.508 e. The molecule has 1 saturated heterocycles. The van der Waals surface area contributed by atoms with Crippen LogP contribution in [0.4, 0.5) is 14.5 Å². The molecule has 32 heavy (non-hydrogen) atoms. The number of piperidine rings is 1. The molecule has 0 unspecified atom stereocenters. The van der Waals surface area contributed by atoms with Crippen molar-refractivity contribution >= 4 is 16.6 Å². The average molecular weight is 431 g/mol. The standard InChI is InChI=1S/C26H23F2N3O/c27-19-11-18(12-20(28)14-19)24-15-30-25-6-3-17(16-1-4-22(32)5-2-16)13-23(25)26(24)31-9-7-21(29)8-10-31/h1-6,11-15,21,32H,7-10,29H2. The first-order chi connectivity index (χ1) is 15.5. The SMILES string of the molecule is NC1CCN(c2c(-c3cc(F)cc(F)c3)cnc3ccc(-c4ccc(O)cc4)cc23)CC1. The number of hydrogen-bond acceptors (Lipinski definition) is 4. The van der Waals surface area contributed by atoms with E-state index in [1.807, 2.05) is 24.3 Å². The molecule has 2 heterocycles. The molecule has 0 bridgehead atoms. The number of anilines is 1. The van der Waals surface area contributed by atoms with Crippen LogP contribution in [0, 0.1) is 11.6 Å². The summed E-state index contributed by atoms with van der Waals surface area (Å²) in [5.74, 6) is -1.04. The Hall–Kier alpha value is -3.51. The van der Waals surface area contributed by atoms with Crippen molar-refractivity contribution < 1.29 is 13.9 Å². The summed E-state index contributed by atoms with van der Waals surface area (Å²) < 4.78 is 28.1. The number of benzene rings is 3. The van der Waals surface area contributed by atoms with E-state index < -0.39 is 11.6 Å². The maximum Gasteiger partial charge on any atom is 0.126 e. The first-order valence-electron chi connectivity index (χ1n) is 10.7. The zero-order valence-corrected chi connectivity index (χ0v) is 17.4. The van der Waals surface area contributed by atoms with Crippen molar-refractivity contribution in [1.29, 1.82) is 0 Å². The number of aromatic hydroxyl groups is 1. The number of hydrogen-bond donors (Lipinski definition) is 2. The quantitative estimate of drug-likeness (QED) is 0.451. The molecule has 4 aromatic rings. The van der Waals surface area contributed by atoms with Crippen molar-refractivity contribution in [2.75, 3.05) is 18.0 Å². The van der Waals surface area contributed by atoms with Gasteiger partial charge in [-0.25, -0.2) is 8.78 Å². The van der Waals surface area contributed by atoms with Crippen LogP contribution in [-0.4, -0.2) is 29.2 Å². The van der Waals surface area contributed by atoms with Crippen LogP contribution in [0.3, 0.4) is 0 Å². The molecule has 5 rings (SSSR count). The minimum absolute atomic E-state index is 0.155. The van der Waals surface area contributed by atoms with E-state index in [-0.39, 0.29) is 11.8 Å². The van der Waals surface area contributed by atoms with Crippen molar-refractivity contribution in [3.63, 3.8) is 0 Å². The zero-order valence-electron chi connectivity index (χ0n) is 17.4. The molecule has 1 fully saturated rings. The summed E-state index contributed by atoms with van der Waals surface area (Å²) in [6.45, 7) is 1.52. The smallest absolute Gasteiger partial charge is 0.126 e. The van der Waals surface area contributed by atoms with Crippen LogP contribution in [0.5, 0.6) is 5.75 Å². The predicted molar refractivity (Wildman–Crippen MR) is 124 cm³/mol. The van der Waals surface area contributed by atoms with Gasteiger partial charge < -0.3 is 15.7 Å². The first-order valence-corrected chi connectivity index (χ1v) is 10.7. The lowest BCUT2D eigenvalue weighted by atomic mass is 9.96. The molecule has 0 aliphatic carbocycles. The van der Waals surface area contributed by atoms with Crippen molar-refractivity contribution in [3.05, 3.63) is 78.5 Å². The second-order valence-electron chi connectivity index (χ2n) is 8.28. The monoisotopic (exact) mass is 431 g/mol. The largest absolute Gasteiger partial charge is 0.508 e. The van der Waals surface area contributed by atoms with Gasteiger partial charge in [-0.3, -0.25) is 4.98 Å². The second kappa shape index (κ2) is 8.20. The summed E-state index contributed by atoms with van der Waals surface area (Å²) in [4.78, 5) is 6.84. The normalized spacial score (nSPS) is 14.8. The van der Waals surface area contributed by atoms with Gasteiger partial charge in [0.1, 0.15) is 17.4 Å². The van der Waals surface area contributed by atoms with E-state index in [0.29, 0.717) is 11.1 Å². The number of nitrogens with zero attached hydrogens (tertiary/aromatic N) is 2. The fourth-order valence-electron chi connectivity index (χ4n) is 4.40. The van der Waals surface area contributed by atoms with Gasteiger partial charge in [-0.05, 0) is 65.9 Å². The molecule has 4 nitrogen and oxygen atoms in total. The topological polar surface area (TPSA) is 62.4 Å². The number of aromatic nitrogens is 1. The molecule has 3 N–H and O–H groups in total. The maximum atomic E-state index is 14.1. The van der Waals surface area contributed by atoms with Crippen LogP contribution in [0.1, 0.15) is 12.8 Å². The Balaban J connectivity index is 1.73. The molecule has 0 atom stereocenters. The number of nitrogens with two attached hydrogens (primary N) is 1. The van der Waals surface area contributed by atoms with Gasteiger partial charge in [0.2, 0.25) is 0 Å². The summed E-state index contributed by atoms with van der Waals surface area (Å²) in [5, 5.41) is 10.5. The number of rotatable bonds is 3. The molecule has 162 valence electrons. The molecule has 0 amide bonds. The van der Waals surface area contributed by atoms with Gasteiger partial charge in [0, 0.05) is 42.3 Å². The Kier molecular flexibility index (Phi) is 5.23. The Bertz CT molecular complexity index is 1260. The van der Waals surface area contributed by atoms with Crippen LogP contribution in [0.25, 0.3) is 33.2 Å². The first kappa shape index (κ1) is 20.4. The van der Waals surface area contributed by atoms with E-state index in [4.69, 9.17) is 5.73 Å². The molecule has 1 aliphatic heterocycles. The van der Waals surface area contributed by atoms with E-state index in [0.717, 1.165) is 59.7 Å². The molecule has 1 aliphatic rings. The molecule has 0 saturated carbocycles. The average Bonchev–Trinajstić information content (AvgIpc) is 2.78. The predicted octanol–water partition coefficient (Wildman–Crippen LogP) is 5.48. The molecule has 0 spiro atoms. The van der Waals surface area contributed by atoms with Crippen molar-refractivity contribution in [2.45, 2.75) is 18.9 Å². The Morgan fingerprint density at radius 2 is 1.50 bits per heavy atom. The molecular weight excluding hydrogens is 408 g/mol. The van der Waals surface area contributed by atoms with Gasteiger partial charge in [0.05, 0.1) is 11.2 Å².